The Hall–Kier alpha value is -1.42. The van der Waals surface area contributed by atoms with Gasteiger partial charge in [0.2, 0.25) is 0 Å². The number of hydrogen-bond acceptors (Lipinski definition) is 3. The first-order valence-electron chi connectivity index (χ1n) is 7.80. The van der Waals surface area contributed by atoms with Crippen molar-refractivity contribution in [2.45, 2.75) is 44.7 Å². The van der Waals surface area contributed by atoms with E-state index in [-0.39, 0.29) is 5.56 Å². The van der Waals surface area contributed by atoms with E-state index >= 15 is 0 Å². The molecule has 2 unspecified atom stereocenters. The monoisotopic (exact) mass is 291 g/mol. The van der Waals surface area contributed by atoms with Gasteiger partial charge < -0.3 is 4.74 Å². The third-order valence-corrected chi connectivity index (χ3v) is 4.93. The van der Waals surface area contributed by atoms with Crippen LogP contribution in [-0.2, 0) is 11.3 Å². The maximum Gasteiger partial charge on any atom is 0.340 e. The summed E-state index contributed by atoms with van der Waals surface area (Å²) in [5, 5.41) is 0. The second kappa shape index (κ2) is 6.14. The molecule has 1 aromatic carbocycles. The fraction of sp³-hybridized carbons (Fsp3) is 0.588. The smallest absolute Gasteiger partial charge is 0.340 e. The Balaban J connectivity index is 1.73. The van der Waals surface area contributed by atoms with Gasteiger partial charge in [0.05, 0.1) is 12.7 Å². The van der Waals surface area contributed by atoms with Crippen LogP contribution in [0.15, 0.2) is 18.2 Å². The summed E-state index contributed by atoms with van der Waals surface area (Å²) in [6.45, 7) is 1.88. The highest BCUT2D eigenvalue weighted by molar-refractivity contribution is 5.89. The minimum absolute atomic E-state index is 0.0126. The summed E-state index contributed by atoms with van der Waals surface area (Å²) in [6.07, 6.45) is 6.52. The average Bonchev–Trinajstić information content (AvgIpc) is 2.96. The summed E-state index contributed by atoms with van der Waals surface area (Å²) < 4.78 is 18.6. The van der Waals surface area contributed by atoms with Crippen molar-refractivity contribution in [1.82, 2.24) is 4.90 Å². The van der Waals surface area contributed by atoms with E-state index in [0.29, 0.717) is 6.04 Å². The second-order valence-electron chi connectivity index (χ2n) is 6.18. The predicted molar refractivity (Wildman–Crippen MR) is 78.5 cm³/mol. The van der Waals surface area contributed by atoms with Crippen molar-refractivity contribution in [1.29, 1.82) is 0 Å². The van der Waals surface area contributed by atoms with Gasteiger partial charge in [-0.1, -0.05) is 12.5 Å². The fourth-order valence-electron chi connectivity index (χ4n) is 3.92. The number of esters is 1. The van der Waals surface area contributed by atoms with E-state index in [1.165, 1.54) is 51.3 Å². The molecule has 0 radical (unpaired) electrons. The van der Waals surface area contributed by atoms with E-state index in [4.69, 9.17) is 0 Å². The number of benzene rings is 1. The maximum absolute atomic E-state index is 14.0. The summed E-state index contributed by atoms with van der Waals surface area (Å²) in [6, 6.07) is 5.52. The van der Waals surface area contributed by atoms with Crippen molar-refractivity contribution in [2.24, 2.45) is 5.92 Å². The summed E-state index contributed by atoms with van der Waals surface area (Å²) in [5.41, 5.74) is 0.950. The molecule has 3 nitrogen and oxygen atoms in total. The van der Waals surface area contributed by atoms with E-state index in [9.17, 15) is 9.18 Å². The molecule has 3 rings (SSSR count). The molecule has 2 aliphatic rings. The van der Waals surface area contributed by atoms with Crippen molar-refractivity contribution in [3.63, 3.8) is 0 Å². The second-order valence-corrected chi connectivity index (χ2v) is 6.18. The maximum atomic E-state index is 14.0. The fourth-order valence-corrected chi connectivity index (χ4v) is 3.92. The lowest BCUT2D eigenvalue weighted by Crippen LogP contribution is -2.41. The Morgan fingerprint density at radius 2 is 2.14 bits per heavy atom. The van der Waals surface area contributed by atoms with Crippen LogP contribution in [0.4, 0.5) is 4.39 Å². The third-order valence-electron chi connectivity index (χ3n) is 4.93. The number of ether oxygens (including phenoxy) is 1. The van der Waals surface area contributed by atoms with E-state index in [1.807, 2.05) is 6.07 Å². The van der Waals surface area contributed by atoms with Crippen LogP contribution >= 0.6 is 0 Å². The summed E-state index contributed by atoms with van der Waals surface area (Å²) in [5.74, 6) is -0.273. The Kier molecular flexibility index (Phi) is 4.24. The first-order valence-corrected chi connectivity index (χ1v) is 7.80. The normalized spacial score (nSPS) is 25.6. The third kappa shape index (κ3) is 2.95. The summed E-state index contributed by atoms with van der Waals surface area (Å²) in [4.78, 5) is 13.9. The molecule has 2 fully saturated rings. The van der Waals surface area contributed by atoms with Crippen molar-refractivity contribution in [3.8, 4) is 0 Å². The topological polar surface area (TPSA) is 29.5 Å². The van der Waals surface area contributed by atoms with Crippen LogP contribution in [0.25, 0.3) is 0 Å². The number of carbonyl (C=O) groups excluding carboxylic acids is 1. The Labute approximate surface area is 125 Å². The van der Waals surface area contributed by atoms with Crippen LogP contribution in [0.5, 0.6) is 0 Å². The number of halogens is 1. The molecule has 1 saturated heterocycles. The van der Waals surface area contributed by atoms with Gasteiger partial charge in [0.15, 0.2) is 0 Å². The van der Waals surface area contributed by atoms with Crippen LogP contribution in [0.1, 0.15) is 48.0 Å². The minimum Gasteiger partial charge on any atom is -0.465 e. The number of rotatable bonds is 3. The van der Waals surface area contributed by atoms with Crippen molar-refractivity contribution in [2.75, 3.05) is 13.7 Å². The molecule has 1 aromatic rings. The zero-order chi connectivity index (χ0) is 14.8. The van der Waals surface area contributed by atoms with E-state index in [1.54, 1.807) is 0 Å². The largest absolute Gasteiger partial charge is 0.465 e. The predicted octanol–water partition coefficient (Wildman–Crippen LogP) is 3.38. The zero-order valence-electron chi connectivity index (χ0n) is 12.5. The lowest BCUT2D eigenvalue weighted by molar-refractivity contribution is 0.0595. The Morgan fingerprint density at radius 3 is 2.90 bits per heavy atom. The van der Waals surface area contributed by atoms with Crippen LogP contribution in [0.2, 0.25) is 0 Å². The molecule has 1 heterocycles. The van der Waals surface area contributed by atoms with E-state index < -0.39 is 11.8 Å². The molecular weight excluding hydrogens is 269 g/mol. The zero-order valence-corrected chi connectivity index (χ0v) is 12.5. The van der Waals surface area contributed by atoms with Crippen molar-refractivity contribution < 1.29 is 13.9 Å². The van der Waals surface area contributed by atoms with Crippen LogP contribution < -0.4 is 0 Å². The summed E-state index contributed by atoms with van der Waals surface area (Å²) in [7, 11) is 1.27. The lowest BCUT2D eigenvalue weighted by atomic mass is 9.91. The molecular formula is C17H22FNO2. The first kappa shape index (κ1) is 14.5. The van der Waals surface area contributed by atoms with E-state index in [0.717, 1.165) is 24.6 Å². The van der Waals surface area contributed by atoms with Crippen LogP contribution in [-0.4, -0.2) is 30.6 Å². The highest BCUT2D eigenvalue weighted by atomic mass is 19.1. The van der Waals surface area contributed by atoms with Gasteiger partial charge in [0.1, 0.15) is 5.82 Å². The standard InChI is InChI=1S/C17H22FNO2/c1-21-17(20)14-8-7-12(10-15(14)18)11-19-9-3-5-13-4-2-6-16(13)19/h7-8,10,13,16H,2-6,9,11H2,1H3. The number of carbonyl (C=O) groups is 1. The summed E-state index contributed by atoms with van der Waals surface area (Å²) >= 11 is 0. The van der Waals surface area contributed by atoms with Gasteiger partial charge >= 0.3 is 5.97 Å². The Bertz CT molecular complexity index is 532. The number of fused-ring (bicyclic) bond motifs is 1. The van der Waals surface area contributed by atoms with Gasteiger partial charge in [-0.15, -0.1) is 0 Å². The highest BCUT2D eigenvalue weighted by Gasteiger charge is 2.34. The van der Waals surface area contributed by atoms with Gasteiger partial charge in [-0.3, -0.25) is 4.90 Å². The quantitative estimate of drug-likeness (QED) is 0.800. The van der Waals surface area contributed by atoms with Crippen LogP contribution in [0.3, 0.4) is 0 Å². The molecule has 2 atom stereocenters. The van der Waals surface area contributed by atoms with Crippen LogP contribution in [0, 0.1) is 11.7 Å². The van der Waals surface area contributed by atoms with Crippen molar-refractivity contribution in [3.05, 3.63) is 35.1 Å². The number of nitrogens with zero attached hydrogens (tertiary/aromatic N) is 1. The lowest BCUT2D eigenvalue weighted by Gasteiger charge is -2.37. The van der Waals surface area contributed by atoms with Gasteiger partial charge in [-0.2, -0.15) is 0 Å². The molecule has 0 spiro atoms. The molecule has 0 bridgehead atoms. The molecule has 4 heteroatoms. The van der Waals surface area contributed by atoms with Gasteiger partial charge in [-0.25, -0.2) is 9.18 Å². The minimum atomic E-state index is -0.618. The molecule has 21 heavy (non-hydrogen) atoms. The molecule has 0 aromatic heterocycles. The van der Waals surface area contributed by atoms with Gasteiger partial charge in [0.25, 0.3) is 0 Å². The molecule has 0 N–H and O–H groups in total. The first-order chi connectivity index (χ1) is 10.2. The Morgan fingerprint density at radius 1 is 1.33 bits per heavy atom. The van der Waals surface area contributed by atoms with Gasteiger partial charge in [0, 0.05) is 12.6 Å². The molecule has 1 aliphatic carbocycles. The molecule has 0 amide bonds. The number of likely N-dealkylation sites (tertiary alicyclic amines) is 1. The molecule has 1 saturated carbocycles. The van der Waals surface area contributed by atoms with Gasteiger partial charge in [-0.05, 0) is 55.8 Å². The number of piperidine rings is 1. The molecule has 1 aliphatic heterocycles. The molecule has 114 valence electrons. The van der Waals surface area contributed by atoms with E-state index in [2.05, 4.69) is 9.64 Å². The van der Waals surface area contributed by atoms with Crippen molar-refractivity contribution >= 4 is 5.97 Å². The highest BCUT2D eigenvalue weighted by Crippen LogP contribution is 2.37. The number of methoxy groups -OCH3 is 1. The SMILES string of the molecule is COC(=O)c1ccc(CN2CCCC3CCCC32)cc1F. The number of hydrogen-bond donors (Lipinski definition) is 0. The average molecular weight is 291 g/mol.